The SMILES string of the molecule is COC1CCN(CCCC(N)=O)CC1. The Kier molecular flexibility index (Phi) is 4.90. The van der Waals surface area contributed by atoms with Crippen LogP contribution in [0.4, 0.5) is 0 Å². The molecule has 0 radical (unpaired) electrons. The van der Waals surface area contributed by atoms with E-state index in [0.29, 0.717) is 12.5 Å². The minimum atomic E-state index is -0.197. The van der Waals surface area contributed by atoms with Gasteiger partial charge < -0.3 is 15.4 Å². The van der Waals surface area contributed by atoms with Crippen LogP contribution in [-0.4, -0.2) is 43.7 Å². The van der Waals surface area contributed by atoms with Crippen molar-refractivity contribution in [3.8, 4) is 0 Å². The molecule has 0 aromatic rings. The van der Waals surface area contributed by atoms with Crippen molar-refractivity contribution < 1.29 is 9.53 Å². The highest BCUT2D eigenvalue weighted by Gasteiger charge is 2.17. The summed E-state index contributed by atoms with van der Waals surface area (Å²) in [5.41, 5.74) is 5.07. The molecule has 82 valence electrons. The standard InChI is InChI=1S/C10H20N2O2/c1-14-9-4-7-12(8-5-9)6-2-3-10(11)13/h9H,2-8H2,1H3,(H2,11,13). The molecule has 0 aromatic heterocycles. The molecule has 1 heterocycles. The van der Waals surface area contributed by atoms with Gasteiger partial charge in [0.2, 0.25) is 5.91 Å². The van der Waals surface area contributed by atoms with Crippen molar-refractivity contribution in [2.24, 2.45) is 5.73 Å². The van der Waals surface area contributed by atoms with E-state index < -0.39 is 0 Å². The second kappa shape index (κ2) is 5.98. The van der Waals surface area contributed by atoms with E-state index in [1.165, 1.54) is 0 Å². The zero-order valence-electron chi connectivity index (χ0n) is 8.87. The summed E-state index contributed by atoms with van der Waals surface area (Å²) in [5.74, 6) is -0.197. The number of nitrogens with two attached hydrogens (primary N) is 1. The molecular weight excluding hydrogens is 180 g/mol. The van der Waals surface area contributed by atoms with E-state index in [1.54, 1.807) is 7.11 Å². The normalized spacial score (nSPS) is 19.8. The summed E-state index contributed by atoms with van der Waals surface area (Å²) in [5, 5.41) is 0. The van der Waals surface area contributed by atoms with Gasteiger partial charge >= 0.3 is 0 Å². The number of hydrogen-bond donors (Lipinski definition) is 1. The van der Waals surface area contributed by atoms with Crippen LogP contribution in [0.2, 0.25) is 0 Å². The molecule has 2 N–H and O–H groups in total. The molecule has 0 bridgehead atoms. The number of carbonyl (C=O) groups excluding carboxylic acids is 1. The lowest BCUT2D eigenvalue weighted by molar-refractivity contribution is -0.118. The molecule has 4 nitrogen and oxygen atoms in total. The Morgan fingerprint density at radius 1 is 1.50 bits per heavy atom. The molecule has 1 aliphatic heterocycles. The van der Waals surface area contributed by atoms with Crippen LogP contribution < -0.4 is 5.73 Å². The number of carbonyl (C=O) groups is 1. The topological polar surface area (TPSA) is 55.6 Å². The number of rotatable bonds is 5. The fraction of sp³-hybridized carbons (Fsp3) is 0.900. The largest absolute Gasteiger partial charge is 0.381 e. The lowest BCUT2D eigenvalue weighted by Crippen LogP contribution is -2.37. The Morgan fingerprint density at radius 3 is 2.64 bits per heavy atom. The summed E-state index contributed by atoms with van der Waals surface area (Å²) in [6.07, 6.45) is 4.03. The molecule has 1 rings (SSSR count). The van der Waals surface area contributed by atoms with E-state index in [0.717, 1.165) is 38.9 Å². The van der Waals surface area contributed by atoms with E-state index in [-0.39, 0.29) is 5.91 Å². The first-order valence-electron chi connectivity index (χ1n) is 5.26. The Morgan fingerprint density at radius 2 is 2.14 bits per heavy atom. The maximum Gasteiger partial charge on any atom is 0.217 e. The summed E-state index contributed by atoms with van der Waals surface area (Å²) < 4.78 is 5.28. The second-order valence-electron chi connectivity index (χ2n) is 3.85. The average Bonchev–Trinajstić information content (AvgIpc) is 2.18. The van der Waals surface area contributed by atoms with Gasteiger partial charge in [-0.3, -0.25) is 4.79 Å². The van der Waals surface area contributed by atoms with E-state index in [9.17, 15) is 4.79 Å². The molecule has 0 aromatic carbocycles. The first-order chi connectivity index (χ1) is 6.72. The van der Waals surface area contributed by atoms with Crippen LogP contribution in [0.15, 0.2) is 0 Å². The summed E-state index contributed by atoms with van der Waals surface area (Å²) in [6, 6.07) is 0. The highest BCUT2D eigenvalue weighted by atomic mass is 16.5. The van der Waals surface area contributed by atoms with Gasteiger partial charge in [0.25, 0.3) is 0 Å². The monoisotopic (exact) mass is 200 g/mol. The number of nitrogens with zero attached hydrogens (tertiary/aromatic N) is 1. The fourth-order valence-electron chi connectivity index (χ4n) is 1.85. The molecule has 0 unspecified atom stereocenters. The van der Waals surface area contributed by atoms with E-state index in [4.69, 9.17) is 10.5 Å². The molecule has 0 atom stereocenters. The summed E-state index contributed by atoms with van der Waals surface area (Å²) >= 11 is 0. The first kappa shape index (κ1) is 11.5. The van der Waals surface area contributed by atoms with E-state index >= 15 is 0 Å². The second-order valence-corrected chi connectivity index (χ2v) is 3.85. The van der Waals surface area contributed by atoms with Crippen LogP contribution in [-0.2, 0) is 9.53 Å². The predicted molar refractivity (Wildman–Crippen MR) is 54.9 cm³/mol. The van der Waals surface area contributed by atoms with Crippen molar-refractivity contribution in [3.63, 3.8) is 0 Å². The van der Waals surface area contributed by atoms with E-state index in [1.807, 2.05) is 0 Å². The highest BCUT2D eigenvalue weighted by Crippen LogP contribution is 2.12. The van der Waals surface area contributed by atoms with Crippen molar-refractivity contribution in [2.75, 3.05) is 26.7 Å². The number of piperidine rings is 1. The van der Waals surface area contributed by atoms with Crippen LogP contribution in [0.25, 0.3) is 0 Å². The molecule has 1 aliphatic rings. The van der Waals surface area contributed by atoms with Crippen LogP contribution in [0.1, 0.15) is 25.7 Å². The smallest absolute Gasteiger partial charge is 0.217 e. The van der Waals surface area contributed by atoms with Crippen molar-refractivity contribution >= 4 is 5.91 Å². The van der Waals surface area contributed by atoms with Crippen molar-refractivity contribution in [1.82, 2.24) is 4.90 Å². The van der Waals surface area contributed by atoms with Crippen LogP contribution in [0.3, 0.4) is 0 Å². The Bertz CT molecular complexity index is 177. The summed E-state index contributed by atoms with van der Waals surface area (Å²) in [4.78, 5) is 12.9. The number of amides is 1. The Balaban J connectivity index is 2.07. The summed E-state index contributed by atoms with van der Waals surface area (Å²) in [6.45, 7) is 3.15. The minimum absolute atomic E-state index is 0.197. The van der Waals surface area contributed by atoms with Gasteiger partial charge in [0.15, 0.2) is 0 Å². The lowest BCUT2D eigenvalue weighted by atomic mass is 10.1. The fourth-order valence-corrected chi connectivity index (χ4v) is 1.85. The molecule has 0 spiro atoms. The number of primary amides is 1. The van der Waals surface area contributed by atoms with Gasteiger partial charge in [-0.05, 0) is 25.8 Å². The molecule has 0 saturated carbocycles. The van der Waals surface area contributed by atoms with Crippen molar-refractivity contribution in [3.05, 3.63) is 0 Å². The van der Waals surface area contributed by atoms with Crippen LogP contribution in [0, 0.1) is 0 Å². The maximum absolute atomic E-state index is 10.5. The minimum Gasteiger partial charge on any atom is -0.381 e. The quantitative estimate of drug-likeness (QED) is 0.697. The molecule has 14 heavy (non-hydrogen) atoms. The van der Waals surface area contributed by atoms with Crippen molar-refractivity contribution in [1.29, 1.82) is 0 Å². The van der Waals surface area contributed by atoms with Gasteiger partial charge in [-0.15, -0.1) is 0 Å². The Labute approximate surface area is 85.4 Å². The molecule has 4 heteroatoms. The number of methoxy groups -OCH3 is 1. The number of likely N-dealkylation sites (tertiary alicyclic amines) is 1. The van der Waals surface area contributed by atoms with Gasteiger partial charge in [0, 0.05) is 26.6 Å². The third-order valence-corrected chi connectivity index (χ3v) is 2.77. The van der Waals surface area contributed by atoms with Gasteiger partial charge in [-0.2, -0.15) is 0 Å². The zero-order valence-corrected chi connectivity index (χ0v) is 8.87. The average molecular weight is 200 g/mol. The number of ether oxygens (including phenoxy) is 1. The molecular formula is C10H20N2O2. The highest BCUT2D eigenvalue weighted by molar-refractivity contribution is 5.73. The van der Waals surface area contributed by atoms with Crippen LogP contribution >= 0.6 is 0 Å². The third kappa shape index (κ3) is 4.07. The molecule has 1 fully saturated rings. The lowest BCUT2D eigenvalue weighted by Gasteiger charge is -2.30. The van der Waals surface area contributed by atoms with Gasteiger partial charge in [0.1, 0.15) is 0 Å². The predicted octanol–water partition coefficient (Wildman–Crippen LogP) is 0.363. The third-order valence-electron chi connectivity index (χ3n) is 2.77. The summed E-state index contributed by atoms with van der Waals surface area (Å²) in [7, 11) is 1.77. The van der Waals surface area contributed by atoms with E-state index in [2.05, 4.69) is 4.90 Å². The molecule has 1 amide bonds. The zero-order chi connectivity index (χ0) is 10.4. The Hall–Kier alpha value is -0.610. The number of hydrogen-bond acceptors (Lipinski definition) is 3. The van der Waals surface area contributed by atoms with Crippen molar-refractivity contribution in [2.45, 2.75) is 31.8 Å². The molecule has 1 saturated heterocycles. The maximum atomic E-state index is 10.5. The first-order valence-corrected chi connectivity index (χ1v) is 5.26. The van der Waals surface area contributed by atoms with Gasteiger partial charge in [-0.1, -0.05) is 0 Å². The van der Waals surface area contributed by atoms with Gasteiger partial charge in [-0.25, -0.2) is 0 Å². The molecule has 0 aliphatic carbocycles. The van der Waals surface area contributed by atoms with Crippen LogP contribution in [0.5, 0.6) is 0 Å². The van der Waals surface area contributed by atoms with Gasteiger partial charge in [0.05, 0.1) is 6.10 Å².